The van der Waals surface area contributed by atoms with Gasteiger partial charge in [0.15, 0.2) is 0 Å². The average molecular weight is 461 g/mol. The summed E-state index contributed by atoms with van der Waals surface area (Å²) in [5, 5.41) is 9.47. The molecule has 0 aromatic carbocycles. The Labute approximate surface area is 144 Å². The van der Waals surface area contributed by atoms with Gasteiger partial charge in [0.25, 0.3) is 0 Å². The molecule has 1 aromatic heterocycles. The van der Waals surface area contributed by atoms with Gasteiger partial charge in [-0.05, 0) is 57.2 Å². The van der Waals surface area contributed by atoms with Gasteiger partial charge in [0.1, 0.15) is 4.90 Å². The first-order valence-corrected chi connectivity index (χ1v) is 10.3. The molecule has 1 aromatic rings. The van der Waals surface area contributed by atoms with Crippen LogP contribution in [0.2, 0.25) is 0 Å². The first kappa shape index (κ1) is 17.4. The van der Waals surface area contributed by atoms with E-state index in [-0.39, 0.29) is 11.4 Å². The number of nitrogens with zero attached hydrogens (tertiary/aromatic N) is 1. The highest BCUT2D eigenvalue weighted by atomic mass is 79.9. The van der Waals surface area contributed by atoms with Crippen molar-refractivity contribution in [2.75, 3.05) is 13.1 Å². The van der Waals surface area contributed by atoms with Crippen molar-refractivity contribution < 1.29 is 18.3 Å². The number of rotatable bonds is 4. The lowest BCUT2D eigenvalue weighted by Gasteiger charge is -2.38. The van der Waals surface area contributed by atoms with Crippen LogP contribution in [0.15, 0.2) is 18.5 Å². The van der Waals surface area contributed by atoms with Crippen LogP contribution in [-0.4, -0.2) is 36.9 Å². The number of sulfonamides is 1. The minimum Gasteiger partial charge on any atom is -0.481 e. The maximum Gasteiger partial charge on any atom is 0.310 e. The molecule has 1 saturated heterocycles. The molecule has 0 amide bonds. The van der Waals surface area contributed by atoms with E-state index in [2.05, 4.69) is 31.9 Å². The summed E-state index contributed by atoms with van der Waals surface area (Å²) < 4.78 is 28.0. The lowest BCUT2D eigenvalue weighted by molar-refractivity contribution is -0.151. The fourth-order valence-corrected chi connectivity index (χ4v) is 7.88. The van der Waals surface area contributed by atoms with Crippen LogP contribution in [0.4, 0.5) is 0 Å². The van der Waals surface area contributed by atoms with Crippen molar-refractivity contribution in [3.05, 3.63) is 13.6 Å². The molecule has 2 rings (SSSR count). The van der Waals surface area contributed by atoms with Gasteiger partial charge in [-0.3, -0.25) is 4.79 Å². The van der Waals surface area contributed by atoms with Crippen molar-refractivity contribution in [2.24, 2.45) is 5.41 Å². The Kier molecular flexibility index (Phi) is 5.19. The third-order valence-electron chi connectivity index (χ3n) is 3.92. The molecule has 21 heavy (non-hydrogen) atoms. The van der Waals surface area contributed by atoms with Crippen LogP contribution in [0.25, 0.3) is 0 Å². The van der Waals surface area contributed by atoms with E-state index in [4.69, 9.17) is 0 Å². The zero-order valence-electron chi connectivity index (χ0n) is 11.3. The number of halogens is 2. The number of aliphatic carboxylic acids is 1. The van der Waals surface area contributed by atoms with Gasteiger partial charge in [0, 0.05) is 13.1 Å². The summed E-state index contributed by atoms with van der Waals surface area (Å²) in [5.74, 6) is -0.921. The quantitative estimate of drug-likeness (QED) is 0.745. The van der Waals surface area contributed by atoms with Crippen LogP contribution in [-0.2, 0) is 14.8 Å². The highest BCUT2D eigenvalue weighted by Gasteiger charge is 2.44. The second-order valence-corrected chi connectivity index (χ2v) is 10.7. The van der Waals surface area contributed by atoms with Gasteiger partial charge < -0.3 is 5.11 Å². The SMILES string of the molecule is CCC1(C(=O)O)CCCN(S(=O)(=O)c2cc(Br)sc2Br)C1. The van der Waals surface area contributed by atoms with Gasteiger partial charge in [-0.15, -0.1) is 11.3 Å². The lowest BCUT2D eigenvalue weighted by Crippen LogP contribution is -2.49. The van der Waals surface area contributed by atoms with Crippen LogP contribution >= 0.6 is 43.2 Å². The fourth-order valence-electron chi connectivity index (χ4n) is 2.55. The van der Waals surface area contributed by atoms with E-state index in [0.717, 1.165) is 0 Å². The third-order valence-corrected chi connectivity index (χ3v) is 8.52. The summed E-state index contributed by atoms with van der Waals surface area (Å²) in [4.78, 5) is 11.7. The van der Waals surface area contributed by atoms with Crippen molar-refractivity contribution in [1.82, 2.24) is 4.31 Å². The van der Waals surface area contributed by atoms with E-state index < -0.39 is 21.4 Å². The van der Waals surface area contributed by atoms with Gasteiger partial charge in [-0.25, -0.2) is 8.42 Å². The van der Waals surface area contributed by atoms with Gasteiger partial charge in [0.05, 0.1) is 13.0 Å². The van der Waals surface area contributed by atoms with Crippen molar-refractivity contribution in [3.8, 4) is 0 Å². The maximum atomic E-state index is 12.7. The highest BCUT2D eigenvalue weighted by Crippen LogP contribution is 2.40. The monoisotopic (exact) mass is 459 g/mol. The predicted octanol–water partition coefficient (Wildman–Crippen LogP) is 3.54. The molecule has 1 unspecified atom stereocenters. The Hall–Kier alpha value is 0.0400. The van der Waals surface area contributed by atoms with Crippen LogP contribution in [0.3, 0.4) is 0 Å². The standard InChI is InChI=1S/C12H15Br2NO4S2/c1-2-12(11(16)17)4-3-5-15(7-12)21(18,19)8-6-9(13)20-10(8)14/h6H,2-5,7H2,1H3,(H,16,17). The molecule has 1 atom stereocenters. The Morgan fingerprint density at radius 2 is 2.19 bits per heavy atom. The van der Waals surface area contributed by atoms with Crippen molar-refractivity contribution in [1.29, 1.82) is 0 Å². The molecule has 118 valence electrons. The molecular weight excluding hydrogens is 446 g/mol. The first-order valence-electron chi connectivity index (χ1n) is 6.41. The minimum absolute atomic E-state index is 0.0288. The Morgan fingerprint density at radius 1 is 1.52 bits per heavy atom. The van der Waals surface area contributed by atoms with E-state index >= 15 is 0 Å². The van der Waals surface area contributed by atoms with Crippen LogP contribution in [0.5, 0.6) is 0 Å². The van der Waals surface area contributed by atoms with E-state index in [9.17, 15) is 18.3 Å². The van der Waals surface area contributed by atoms with Crippen molar-refractivity contribution >= 4 is 59.2 Å². The molecule has 1 fully saturated rings. The summed E-state index contributed by atoms with van der Waals surface area (Å²) >= 11 is 7.81. The van der Waals surface area contributed by atoms with Crippen LogP contribution in [0, 0.1) is 5.41 Å². The molecule has 0 spiro atoms. The number of carboxylic acid groups (broad SMARTS) is 1. The summed E-state index contributed by atoms with van der Waals surface area (Å²) in [6.45, 7) is 2.18. The van der Waals surface area contributed by atoms with E-state index in [1.807, 2.05) is 0 Å². The van der Waals surface area contributed by atoms with E-state index in [1.165, 1.54) is 15.6 Å². The summed E-state index contributed by atoms with van der Waals surface area (Å²) in [7, 11) is -3.68. The van der Waals surface area contributed by atoms with Crippen LogP contribution < -0.4 is 0 Å². The number of thiophene rings is 1. The zero-order valence-corrected chi connectivity index (χ0v) is 16.1. The number of piperidine rings is 1. The Morgan fingerprint density at radius 3 is 2.67 bits per heavy atom. The van der Waals surface area contributed by atoms with E-state index in [1.54, 1.807) is 13.0 Å². The Balaban J connectivity index is 2.37. The summed E-state index contributed by atoms with van der Waals surface area (Å²) in [6, 6.07) is 1.55. The van der Waals surface area contributed by atoms with E-state index in [0.29, 0.717) is 33.4 Å². The number of carboxylic acids is 1. The fraction of sp³-hybridized carbons (Fsp3) is 0.583. The molecule has 0 bridgehead atoms. The highest BCUT2D eigenvalue weighted by molar-refractivity contribution is 9.12. The van der Waals surface area contributed by atoms with Gasteiger partial charge in [-0.1, -0.05) is 6.92 Å². The van der Waals surface area contributed by atoms with Gasteiger partial charge in [-0.2, -0.15) is 4.31 Å². The molecule has 1 N–H and O–H groups in total. The number of hydrogen-bond donors (Lipinski definition) is 1. The normalized spacial score (nSPS) is 24.1. The molecular formula is C12H15Br2NO4S2. The second-order valence-electron chi connectivity index (χ2n) is 5.07. The maximum absolute atomic E-state index is 12.7. The smallest absolute Gasteiger partial charge is 0.310 e. The molecule has 5 nitrogen and oxygen atoms in total. The van der Waals surface area contributed by atoms with Gasteiger partial charge in [0.2, 0.25) is 10.0 Å². The van der Waals surface area contributed by atoms with Crippen molar-refractivity contribution in [2.45, 2.75) is 31.1 Å². The molecule has 1 aliphatic heterocycles. The van der Waals surface area contributed by atoms with Crippen LogP contribution in [0.1, 0.15) is 26.2 Å². The molecule has 0 radical (unpaired) electrons. The second kappa shape index (κ2) is 6.27. The summed E-state index contributed by atoms with van der Waals surface area (Å²) in [6.07, 6.45) is 1.49. The molecule has 0 saturated carbocycles. The molecule has 0 aliphatic carbocycles. The number of hydrogen-bond acceptors (Lipinski definition) is 4. The number of carbonyl (C=O) groups is 1. The zero-order chi connectivity index (χ0) is 15.8. The first-order chi connectivity index (χ1) is 9.73. The minimum atomic E-state index is -3.68. The molecule has 9 heteroatoms. The molecule has 1 aliphatic rings. The van der Waals surface area contributed by atoms with Gasteiger partial charge >= 0.3 is 5.97 Å². The topological polar surface area (TPSA) is 74.7 Å². The lowest BCUT2D eigenvalue weighted by atomic mass is 9.78. The molecule has 2 heterocycles. The largest absolute Gasteiger partial charge is 0.481 e. The predicted molar refractivity (Wildman–Crippen MR) is 88.1 cm³/mol. The Bertz CT molecular complexity index is 658. The average Bonchev–Trinajstić information content (AvgIpc) is 2.78. The summed E-state index contributed by atoms with van der Waals surface area (Å²) in [5.41, 5.74) is -0.981. The van der Waals surface area contributed by atoms with Crippen molar-refractivity contribution in [3.63, 3.8) is 0 Å². The third kappa shape index (κ3) is 3.21.